The molecule has 4 heteroatoms. The van der Waals surface area contributed by atoms with E-state index < -0.39 is 12.6 Å². The number of alkyl halides is 3. The minimum atomic E-state index is -4.10. The van der Waals surface area contributed by atoms with Crippen LogP contribution in [0, 0.1) is 0 Å². The van der Waals surface area contributed by atoms with Crippen LogP contribution in [0.25, 0.3) is 0 Å². The van der Waals surface area contributed by atoms with Crippen molar-refractivity contribution in [3.8, 4) is 0 Å². The molecule has 0 radical (unpaired) electrons. The summed E-state index contributed by atoms with van der Waals surface area (Å²) in [5, 5.41) is 3.14. The average Bonchev–Trinajstić information content (AvgIpc) is 2.42. The first-order valence-corrected chi connectivity index (χ1v) is 7.60. The monoisotopic (exact) mass is 301 g/mol. The van der Waals surface area contributed by atoms with Gasteiger partial charge in [-0.3, -0.25) is 0 Å². The first-order chi connectivity index (χ1) is 9.69. The largest absolute Gasteiger partial charge is 0.389 e. The first kappa shape index (κ1) is 18.0. The van der Waals surface area contributed by atoms with Gasteiger partial charge < -0.3 is 5.32 Å². The van der Waals surface area contributed by atoms with Gasteiger partial charge >= 0.3 is 6.18 Å². The summed E-state index contributed by atoms with van der Waals surface area (Å²) in [5.74, 6) is 0. The second-order valence-corrected chi connectivity index (χ2v) is 6.12. The van der Waals surface area contributed by atoms with Gasteiger partial charge in [0.1, 0.15) is 0 Å². The second-order valence-electron chi connectivity index (χ2n) is 6.12. The van der Waals surface area contributed by atoms with Crippen LogP contribution in [-0.2, 0) is 5.41 Å². The Morgan fingerprint density at radius 3 is 2.05 bits per heavy atom. The van der Waals surface area contributed by atoms with E-state index in [0.29, 0.717) is 6.54 Å². The minimum absolute atomic E-state index is 0.0772. The highest BCUT2D eigenvalue weighted by molar-refractivity contribution is 5.29. The molecule has 0 heterocycles. The fourth-order valence-corrected chi connectivity index (χ4v) is 2.31. The van der Waals surface area contributed by atoms with Crippen molar-refractivity contribution in [2.75, 3.05) is 6.54 Å². The lowest BCUT2D eigenvalue weighted by atomic mass is 9.81. The van der Waals surface area contributed by atoms with E-state index in [1.807, 2.05) is 31.2 Å². The topological polar surface area (TPSA) is 12.0 Å². The van der Waals surface area contributed by atoms with Crippen LogP contribution in [0.4, 0.5) is 13.2 Å². The quantitative estimate of drug-likeness (QED) is 0.714. The van der Waals surface area contributed by atoms with Crippen molar-refractivity contribution in [1.29, 1.82) is 0 Å². The van der Waals surface area contributed by atoms with Gasteiger partial charge in [0.25, 0.3) is 0 Å². The molecule has 1 atom stereocenters. The SMILES string of the molecule is CCNC(CCC(F)(F)F)c1ccc(C(C)(C)CC)cc1. The third-order valence-electron chi connectivity index (χ3n) is 4.15. The number of rotatable bonds is 7. The van der Waals surface area contributed by atoms with E-state index in [2.05, 4.69) is 26.1 Å². The van der Waals surface area contributed by atoms with Gasteiger partial charge in [-0.05, 0) is 35.9 Å². The van der Waals surface area contributed by atoms with Crippen molar-refractivity contribution in [3.05, 3.63) is 35.4 Å². The Bertz CT molecular complexity index is 421. The summed E-state index contributed by atoms with van der Waals surface area (Å²) in [4.78, 5) is 0. The summed E-state index contributed by atoms with van der Waals surface area (Å²) >= 11 is 0. The standard InChI is InChI=1S/C17H26F3N/c1-5-16(3,4)14-9-7-13(8-10-14)15(21-6-2)11-12-17(18,19)20/h7-10,15,21H,5-6,11-12H2,1-4H3. The van der Waals surface area contributed by atoms with Gasteiger partial charge in [-0.2, -0.15) is 13.2 Å². The van der Waals surface area contributed by atoms with Crippen LogP contribution in [0.2, 0.25) is 0 Å². The van der Waals surface area contributed by atoms with Crippen LogP contribution < -0.4 is 5.32 Å². The molecule has 0 saturated heterocycles. The molecular formula is C17H26F3N. The Kier molecular flexibility index (Phi) is 6.26. The van der Waals surface area contributed by atoms with E-state index in [0.717, 1.165) is 12.0 Å². The lowest BCUT2D eigenvalue weighted by Crippen LogP contribution is -2.23. The highest BCUT2D eigenvalue weighted by atomic mass is 19.4. The van der Waals surface area contributed by atoms with Gasteiger partial charge in [0.2, 0.25) is 0 Å². The van der Waals surface area contributed by atoms with Crippen molar-refractivity contribution in [2.24, 2.45) is 0 Å². The Hall–Kier alpha value is -1.03. The second kappa shape index (κ2) is 7.30. The van der Waals surface area contributed by atoms with E-state index in [4.69, 9.17) is 0 Å². The summed E-state index contributed by atoms with van der Waals surface area (Å²) < 4.78 is 37.2. The Balaban J connectivity index is 2.84. The van der Waals surface area contributed by atoms with Crippen LogP contribution in [0.1, 0.15) is 64.1 Å². The van der Waals surface area contributed by atoms with Crippen LogP contribution in [-0.4, -0.2) is 12.7 Å². The molecule has 1 aromatic rings. The van der Waals surface area contributed by atoms with Crippen molar-refractivity contribution >= 4 is 0 Å². The number of halogens is 3. The lowest BCUT2D eigenvalue weighted by molar-refractivity contribution is -0.136. The highest BCUT2D eigenvalue weighted by Gasteiger charge is 2.28. The molecule has 1 rings (SSSR count). The normalized spacial score (nSPS) is 14.2. The highest BCUT2D eigenvalue weighted by Crippen LogP contribution is 2.30. The first-order valence-electron chi connectivity index (χ1n) is 7.60. The number of hydrogen-bond acceptors (Lipinski definition) is 1. The van der Waals surface area contributed by atoms with Gasteiger partial charge in [0.15, 0.2) is 0 Å². The van der Waals surface area contributed by atoms with Gasteiger partial charge in [-0.1, -0.05) is 52.0 Å². The zero-order valence-electron chi connectivity index (χ0n) is 13.3. The molecule has 0 amide bonds. The summed E-state index contributed by atoms with van der Waals surface area (Å²) in [5.41, 5.74) is 2.25. The molecule has 1 unspecified atom stereocenters. The number of nitrogens with one attached hydrogen (secondary N) is 1. The molecule has 0 fully saturated rings. The van der Waals surface area contributed by atoms with Crippen molar-refractivity contribution in [1.82, 2.24) is 5.32 Å². The molecule has 1 N–H and O–H groups in total. The minimum Gasteiger partial charge on any atom is -0.310 e. The summed E-state index contributed by atoms with van der Waals surface area (Å²) in [6, 6.07) is 7.75. The van der Waals surface area contributed by atoms with E-state index >= 15 is 0 Å². The molecule has 1 aromatic carbocycles. The van der Waals surface area contributed by atoms with E-state index in [1.54, 1.807) is 0 Å². The van der Waals surface area contributed by atoms with E-state index in [9.17, 15) is 13.2 Å². The fourth-order valence-electron chi connectivity index (χ4n) is 2.31. The molecule has 0 aliphatic heterocycles. The van der Waals surface area contributed by atoms with Crippen molar-refractivity contribution in [2.45, 2.75) is 64.6 Å². The van der Waals surface area contributed by atoms with Crippen molar-refractivity contribution < 1.29 is 13.2 Å². The van der Waals surface area contributed by atoms with Crippen LogP contribution in [0.5, 0.6) is 0 Å². The zero-order chi connectivity index (χ0) is 16.1. The molecule has 0 spiro atoms. The van der Waals surface area contributed by atoms with Crippen molar-refractivity contribution in [3.63, 3.8) is 0 Å². The lowest BCUT2D eigenvalue weighted by Gasteiger charge is -2.25. The molecular weight excluding hydrogens is 275 g/mol. The van der Waals surface area contributed by atoms with Gasteiger partial charge in [-0.25, -0.2) is 0 Å². The van der Waals surface area contributed by atoms with E-state index in [1.165, 1.54) is 5.56 Å². The zero-order valence-corrected chi connectivity index (χ0v) is 13.3. The molecule has 0 aliphatic rings. The van der Waals surface area contributed by atoms with E-state index in [-0.39, 0.29) is 17.9 Å². The molecule has 0 saturated carbocycles. The van der Waals surface area contributed by atoms with Gasteiger partial charge in [0.05, 0.1) is 0 Å². The number of hydrogen-bond donors (Lipinski definition) is 1. The maximum Gasteiger partial charge on any atom is 0.389 e. The third-order valence-corrected chi connectivity index (χ3v) is 4.15. The molecule has 1 nitrogen and oxygen atoms in total. The van der Waals surface area contributed by atoms with Gasteiger partial charge in [0, 0.05) is 12.5 Å². The Labute approximate surface area is 125 Å². The average molecular weight is 301 g/mol. The van der Waals surface area contributed by atoms with Gasteiger partial charge in [-0.15, -0.1) is 0 Å². The Morgan fingerprint density at radius 1 is 1.05 bits per heavy atom. The van der Waals surface area contributed by atoms with Crippen LogP contribution in [0.15, 0.2) is 24.3 Å². The predicted molar refractivity (Wildman–Crippen MR) is 81.5 cm³/mol. The smallest absolute Gasteiger partial charge is 0.310 e. The Morgan fingerprint density at radius 2 is 1.62 bits per heavy atom. The third kappa shape index (κ3) is 5.70. The molecule has 120 valence electrons. The number of benzene rings is 1. The molecule has 0 aromatic heterocycles. The molecule has 0 aliphatic carbocycles. The maximum absolute atomic E-state index is 12.4. The van der Waals surface area contributed by atoms with Crippen LogP contribution in [0.3, 0.4) is 0 Å². The molecule has 0 bridgehead atoms. The maximum atomic E-state index is 12.4. The van der Waals surface area contributed by atoms with Crippen LogP contribution >= 0.6 is 0 Å². The summed E-state index contributed by atoms with van der Waals surface area (Å²) in [6.07, 6.45) is -3.75. The summed E-state index contributed by atoms with van der Waals surface area (Å²) in [6.45, 7) is 9.05. The predicted octanol–water partition coefficient (Wildman–Crippen LogP) is 5.37. The summed E-state index contributed by atoms with van der Waals surface area (Å²) in [7, 11) is 0. The fraction of sp³-hybridized carbons (Fsp3) is 0.647. The molecule has 21 heavy (non-hydrogen) atoms.